The molecule has 108 valence electrons. The monoisotopic (exact) mass is 274 g/mol. The molecule has 1 atom stereocenters. The molecule has 0 bridgehead atoms. The summed E-state index contributed by atoms with van der Waals surface area (Å²) in [5.74, 6) is -2.67. The van der Waals surface area contributed by atoms with Crippen molar-refractivity contribution in [3.05, 3.63) is 0 Å². The van der Waals surface area contributed by atoms with E-state index in [-0.39, 0.29) is 0 Å². The highest BCUT2D eigenvalue weighted by atomic mass is 16.5. The molecule has 0 spiro atoms. The highest BCUT2D eigenvalue weighted by Gasteiger charge is 2.31. The molecule has 19 heavy (non-hydrogen) atoms. The standard InChI is InChI=1S/C11H18N2O6/c1-11(2-4-19-5-3-11)13-10(18)12-7(9(16)17)6-8(14)15/h7H,2-6H2,1H3,(H,14,15)(H,16,17)(H2,12,13,18). The summed E-state index contributed by atoms with van der Waals surface area (Å²) in [6, 6.07) is -2.13. The summed E-state index contributed by atoms with van der Waals surface area (Å²) >= 11 is 0. The predicted octanol–water partition coefficient (Wildman–Crippen LogP) is -0.217. The van der Waals surface area contributed by atoms with Gasteiger partial charge in [-0.15, -0.1) is 0 Å². The van der Waals surface area contributed by atoms with Crippen molar-refractivity contribution < 1.29 is 29.3 Å². The molecule has 1 fully saturated rings. The summed E-state index contributed by atoms with van der Waals surface area (Å²) < 4.78 is 5.17. The minimum atomic E-state index is -1.44. The Balaban J connectivity index is 2.52. The summed E-state index contributed by atoms with van der Waals surface area (Å²) in [5, 5.41) is 22.2. The van der Waals surface area contributed by atoms with Crippen LogP contribution in [0.15, 0.2) is 0 Å². The Labute approximate surface area is 110 Å². The van der Waals surface area contributed by atoms with Crippen LogP contribution in [0.5, 0.6) is 0 Å². The normalized spacial score (nSPS) is 19.2. The Morgan fingerprint density at radius 2 is 1.84 bits per heavy atom. The van der Waals surface area contributed by atoms with Crippen LogP contribution in [-0.2, 0) is 14.3 Å². The first-order chi connectivity index (χ1) is 8.82. The first-order valence-corrected chi connectivity index (χ1v) is 5.93. The number of nitrogens with one attached hydrogen (secondary N) is 2. The van der Waals surface area contributed by atoms with E-state index in [0.29, 0.717) is 26.1 Å². The highest BCUT2D eigenvalue weighted by Crippen LogP contribution is 2.19. The number of carboxylic acid groups (broad SMARTS) is 2. The van der Waals surface area contributed by atoms with Crippen molar-refractivity contribution >= 4 is 18.0 Å². The van der Waals surface area contributed by atoms with Crippen LogP contribution in [0.1, 0.15) is 26.2 Å². The summed E-state index contributed by atoms with van der Waals surface area (Å²) in [6.45, 7) is 2.88. The zero-order chi connectivity index (χ0) is 14.5. The van der Waals surface area contributed by atoms with Crippen molar-refractivity contribution in [2.75, 3.05) is 13.2 Å². The first kappa shape index (κ1) is 15.2. The molecule has 1 heterocycles. The van der Waals surface area contributed by atoms with Gasteiger partial charge >= 0.3 is 18.0 Å². The van der Waals surface area contributed by atoms with Gasteiger partial charge in [-0.2, -0.15) is 0 Å². The second-order valence-electron chi connectivity index (χ2n) is 4.76. The molecule has 0 saturated carbocycles. The molecule has 0 aromatic carbocycles. The number of hydrogen-bond acceptors (Lipinski definition) is 4. The van der Waals surface area contributed by atoms with Crippen molar-refractivity contribution in [2.24, 2.45) is 0 Å². The van der Waals surface area contributed by atoms with E-state index in [1.54, 1.807) is 0 Å². The molecule has 8 nitrogen and oxygen atoms in total. The SMILES string of the molecule is CC1(NC(=O)NC(CC(=O)O)C(=O)O)CCOCC1. The van der Waals surface area contributed by atoms with Gasteiger partial charge in [0.05, 0.1) is 6.42 Å². The van der Waals surface area contributed by atoms with E-state index in [1.165, 1.54) is 0 Å². The number of ether oxygens (including phenoxy) is 1. The van der Waals surface area contributed by atoms with Crippen LogP contribution in [0.25, 0.3) is 0 Å². The number of urea groups is 1. The predicted molar refractivity (Wildman–Crippen MR) is 63.8 cm³/mol. The van der Waals surface area contributed by atoms with E-state index in [0.717, 1.165) is 0 Å². The van der Waals surface area contributed by atoms with E-state index in [9.17, 15) is 14.4 Å². The number of hydrogen-bond donors (Lipinski definition) is 4. The van der Waals surface area contributed by atoms with Gasteiger partial charge in [-0.25, -0.2) is 9.59 Å². The molecular formula is C11H18N2O6. The van der Waals surface area contributed by atoms with Crippen molar-refractivity contribution in [3.63, 3.8) is 0 Å². The molecule has 0 aromatic rings. The van der Waals surface area contributed by atoms with Crippen LogP contribution in [0, 0.1) is 0 Å². The minimum Gasteiger partial charge on any atom is -0.481 e. The van der Waals surface area contributed by atoms with Crippen LogP contribution < -0.4 is 10.6 Å². The van der Waals surface area contributed by atoms with Gasteiger partial charge < -0.3 is 25.6 Å². The summed E-state index contributed by atoms with van der Waals surface area (Å²) in [6.07, 6.45) is 0.580. The Morgan fingerprint density at radius 1 is 1.26 bits per heavy atom. The number of amides is 2. The van der Waals surface area contributed by atoms with Crippen molar-refractivity contribution in [1.82, 2.24) is 10.6 Å². The zero-order valence-corrected chi connectivity index (χ0v) is 10.6. The lowest BCUT2D eigenvalue weighted by Gasteiger charge is -2.34. The fraction of sp³-hybridized carbons (Fsp3) is 0.727. The van der Waals surface area contributed by atoms with Gasteiger partial charge in [0, 0.05) is 18.8 Å². The number of carbonyl (C=O) groups excluding carboxylic acids is 1. The van der Waals surface area contributed by atoms with Crippen LogP contribution >= 0.6 is 0 Å². The second kappa shape index (κ2) is 6.37. The maximum Gasteiger partial charge on any atom is 0.326 e. The van der Waals surface area contributed by atoms with Gasteiger partial charge in [0.25, 0.3) is 0 Å². The fourth-order valence-corrected chi connectivity index (χ4v) is 1.79. The lowest BCUT2D eigenvalue weighted by molar-refractivity contribution is -0.145. The molecule has 8 heteroatoms. The largest absolute Gasteiger partial charge is 0.481 e. The van der Waals surface area contributed by atoms with E-state index < -0.39 is 36.0 Å². The summed E-state index contributed by atoms with van der Waals surface area (Å²) in [4.78, 5) is 33.0. The molecule has 2 amide bonds. The molecule has 1 rings (SSSR count). The van der Waals surface area contributed by atoms with Gasteiger partial charge in [-0.3, -0.25) is 4.79 Å². The number of carboxylic acids is 2. The minimum absolute atomic E-state index is 0.464. The second-order valence-corrected chi connectivity index (χ2v) is 4.76. The number of carbonyl (C=O) groups is 3. The maximum absolute atomic E-state index is 11.7. The Bertz CT molecular complexity index is 364. The van der Waals surface area contributed by atoms with Crippen LogP contribution in [-0.4, -0.2) is 53.0 Å². The molecular weight excluding hydrogens is 256 g/mol. The van der Waals surface area contributed by atoms with Crippen molar-refractivity contribution in [1.29, 1.82) is 0 Å². The van der Waals surface area contributed by atoms with E-state index in [2.05, 4.69) is 10.6 Å². The van der Waals surface area contributed by atoms with Gasteiger partial charge in [-0.05, 0) is 19.8 Å². The third-order valence-corrected chi connectivity index (χ3v) is 2.99. The average Bonchev–Trinajstić information content (AvgIpc) is 2.27. The summed E-state index contributed by atoms with van der Waals surface area (Å²) in [7, 11) is 0. The fourth-order valence-electron chi connectivity index (χ4n) is 1.79. The third-order valence-electron chi connectivity index (χ3n) is 2.99. The lowest BCUT2D eigenvalue weighted by Crippen LogP contribution is -2.56. The molecule has 0 aliphatic carbocycles. The number of aliphatic carboxylic acids is 2. The highest BCUT2D eigenvalue weighted by molar-refractivity contribution is 5.86. The van der Waals surface area contributed by atoms with E-state index in [4.69, 9.17) is 14.9 Å². The van der Waals surface area contributed by atoms with Gasteiger partial charge in [0.15, 0.2) is 0 Å². The molecule has 1 aliphatic rings. The van der Waals surface area contributed by atoms with Gasteiger partial charge in [0.1, 0.15) is 6.04 Å². The molecule has 1 saturated heterocycles. The smallest absolute Gasteiger partial charge is 0.326 e. The van der Waals surface area contributed by atoms with Crippen LogP contribution in [0.3, 0.4) is 0 Å². The Morgan fingerprint density at radius 3 is 2.32 bits per heavy atom. The average molecular weight is 274 g/mol. The first-order valence-electron chi connectivity index (χ1n) is 5.93. The zero-order valence-electron chi connectivity index (χ0n) is 10.6. The van der Waals surface area contributed by atoms with Crippen molar-refractivity contribution in [3.8, 4) is 0 Å². The Kier molecular flexibility index (Phi) is 5.11. The summed E-state index contributed by atoms with van der Waals surface area (Å²) in [5.41, 5.74) is -0.464. The molecule has 1 unspecified atom stereocenters. The van der Waals surface area contributed by atoms with Crippen LogP contribution in [0.2, 0.25) is 0 Å². The molecule has 0 aromatic heterocycles. The maximum atomic E-state index is 11.7. The molecule has 4 N–H and O–H groups in total. The van der Waals surface area contributed by atoms with Crippen molar-refractivity contribution in [2.45, 2.75) is 37.8 Å². The topological polar surface area (TPSA) is 125 Å². The van der Waals surface area contributed by atoms with Gasteiger partial charge in [-0.1, -0.05) is 0 Å². The van der Waals surface area contributed by atoms with E-state index >= 15 is 0 Å². The lowest BCUT2D eigenvalue weighted by atomic mass is 9.93. The molecule has 0 radical (unpaired) electrons. The third kappa shape index (κ3) is 5.12. The molecule has 1 aliphatic heterocycles. The number of rotatable bonds is 5. The quantitative estimate of drug-likeness (QED) is 0.549. The van der Waals surface area contributed by atoms with E-state index in [1.807, 2.05) is 6.92 Å². The Hall–Kier alpha value is -1.83. The van der Waals surface area contributed by atoms with Gasteiger partial charge in [0.2, 0.25) is 0 Å². The van der Waals surface area contributed by atoms with Crippen LogP contribution in [0.4, 0.5) is 4.79 Å².